The molecule has 2 amide bonds. The normalized spacial score (nSPS) is 15.9. The van der Waals surface area contributed by atoms with Gasteiger partial charge in [-0.1, -0.05) is 49.4 Å². The van der Waals surface area contributed by atoms with Gasteiger partial charge in [0.05, 0.1) is 13.2 Å². The Morgan fingerprint density at radius 3 is 2.54 bits per heavy atom. The molecule has 2 heterocycles. The minimum atomic E-state index is -0.151. The van der Waals surface area contributed by atoms with Crippen LogP contribution in [0, 0.1) is 0 Å². The predicted octanol–water partition coefficient (Wildman–Crippen LogP) is 5.49. The first kappa shape index (κ1) is 25.0. The van der Waals surface area contributed by atoms with E-state index in [1.807, 2.05) is 66.4 Å². The molecular weight excluding hydrogens is 456 g/mol. The van der Waals surface area contributed by atoms with E-state index in [9.17, 15) is 9.59 Å². The number of amides is 2. The lowest BCUT2D eigenvalue weighted by molar-refractivity contribution is -0.143. The maximum absolute atomic E-state index is 13.8. The summed E-state index contributed by atoms with van der Waals surface area (Å²) in [6.45, 7) is 4.84. The van der Waals surface area contributed by atoms with Crippen LogP contribution in [-0.4, -0.2) is 47.9 Å². The number of carbonyl (C=O) groups excluding carboxylic acids is 2. The summed E-state index contributed by atoms with van der Waals surface area (Å²) >= 11 is 1.75. The van der Waals surface area contributed by atoms with Gasteiger partial charge in [0.15, 0.2) is 0 Å². The van der Waals surface area contributed by atoms with Gasteiger partial charge in [0.25, 0.3) is 0 Å². The highest BCUT2D eigenvalue weighted by Gasteiger charge is 2.34. The van der Waals surface area contributed by atoms with Crippen molar-refractivity contribution in [3.05, 3.63) is 87.6 Å². The van der Waals surface area contributed by atoms with Gasteiger partial charge >= 0.3 is 0 Å². The molecule has 1 aliphatic rings. The van der Waals surface area contributed by atoms with Crippen molar-refractivity contribution in [3.8, 4) is 5.75 Å². The standard InChI is InChI=1S/C29H34N2O3S/c1-4-21(2)31(27(32)15-10-22-8-6-5-7-9-22)20-28(33)30-18-16-26-25(17-19-35-26)29(30)23-11-13-24(34-3)14-12-23/h5-9,11-14,17,19,21,29H,4,10,15-16,18,20H2,1-3H3. The van der Waals surface area contributed by atoms with Crippen LogP contribution >= 0.6 is 11.3 Å². The molecule has 1 aromatic heterocycles. The van der Waals surface area contributed by atoms with Crippen molar-refractivity contribution in [3.63, 3.8) is 0 Å². The molecule has 1 aliphatic heterocycles. The fourth-order valence-corrected chi connectivity index (χ4v) is 5.62. The van der Waals surface area contributed by atoms with E-state index in [-0.39, 0.29) is 30.4 Å². The number of hydrogen-bond acceptors (Lipinski definition) is 4. The highest BCUT2D eigenvalue weighted by molar-refractivity contribution is 7.10. The van der Waals surface area contributed by atoms with Crippen LogP contribution in [0.25, 0.3) is 0 Å². The number of carbonyl (C=O) groups is 2. The third-order valence-corrected chi connectivity index (χ3v) is 7.93. The Balaban J connectivity index is 1.54. The summed E-state index contributed by atoms with van der Waals surface area (Å²) in [7, 11) is 1.65. The number of hydrogen-bond donors (Lipinski definition) is 0. The molecular formula is C29H34N2O3S. The quantitative estimate of drug-likeness (QED) is 0.399. The summed E-state index contributed by atoms with van der Waals surface area (Å²) in [6, 6.07) is 20.0. The van der Waals surface area contributed by atoms with Crippen LogP contribution < -0.4 is 4.74 Å². The van der Waals surface area contributed by atoms with Gasteiger partial charge in [-0.05, 0) is 66.5 Å². The second kappa shape index (κ2) is 11.5. The van der Waals surface area contributed by atoms with Crippen molar-refractivity contribution in [2.45, 2.75) is 51.6 Å². The van der Waals surface area contributed by atoms with Crippen LogP contribution in [0.5, 0.6) is 5.75 Å². The summed E-state index contributed by atoms with van der Waals surface area (Å²) in [5, 5.41) is 2.10. The van der Waals surface area contributed by atoms with Crippen LogP contribution in [0.1, 0.15) is 54.3 Å². The molecule has 0 fully saturated rings. The molecule has 0 spiro atoms. The summed E-state index contributed by atoms with van der Waals surface area (Å²) in [4.78, 5) is 32.1. The van der Waals surface area contributed by atoms with Crippen LogP contribution in [0.3, 0.4) is 0 Å². The molecule has 35 heavy (non-hydrogen) atoms. The number of ether oxygens (including phenoxy) is 1. The van der Waals surface area contributed by atoms with E-state index >= 15 is 0 Å². The predicted molar refractivity (Wildman–Crippen MR) is 141 cm³/mol. The summed E-state index contributed by atoms with van der Waals surface area (Å²) in [6.07, 6.45) is 2.73. The summed E-state index contributed by atoms with van der Waals surface area (Å²) in [5.41, 5.74) is 3.38. The number of aryl methyl sites for hydroxylation is 1. The zero-order valence-corrected chi connectivity index (χ0v) is 21.6. The van der Waals surface area contributed by atoms with Crippen LogP contribution in [0.15, 0.2) is 66.0 Å². The lowest BCUT2D eigenvalue weighted by Crippen LogP contribution is -2.49. The third-order valence-electron chi connectivity index (χ3n) is 6.94. The highest BCUT2D eigenvalue weighted by Crippen LogP contribution is 2.38. The van der Waals surface area contributed by atoms with E-state index in [1.165, 1.54) is 10.4 Å². The van der Waals surface area contributed by atoms with Gasteiger partial charge in [0, 0.05) is 23.9 Å². The Bertz CT molecular complexity index is 1130. The lowest BCUT2D eigenvalue weighted by Gasteiger charge is -2.38. The van der Waals surface area contributed by atoms with Gasteiger partial charge < -0.3 is 14.5 Å². The van der Waals surface area contributed by atoms with Crippen molar-refractivity contribution >= 4 is 23.2 Å². The van der Waals surface area contributed by atoms with Crippen molar-refractivity contribution in [2.75, 3.05) is 20.2 Å². The molecule has 0 bridgehead atoms. The van der Waals surface area contributed by atoms with Crippen molar-refractivity contribution in [1.29, 1.82) is 0 Å². The SMILES string of the molecule is CCC(C)N(CC(=O)N1CCc2sccc2C1c1ccc(OC)cc1)C(=O)CCc1ccccc1. The minimum absolute atomic E-state index is 0.00292. The molecule has 4 rings (SSSR count). The average molecular weight is 491 g/mol. The first-order chi connectivity index (χ1) is 17.0. The Hall–Kier alpha value is -3.12. The van der Waals surface area contributed by atoms with Gasteiger partial charge in [-0.3, -0.25) is 9.59 Å². The van der Waals surface area contributed by atoms with Gasteiger partial charge in [-0.15, -0.1) is 11.3 Å². The monoisotopic (exact) mass is 490 g/mol. The highest BCUT2D eigenvalue weighted by atomic mass is 32.1. The maximum atomic E-state index is 13.8. The average Bonchev–Trinajstić information content (AvgIpc) is 3.39. The maximum Gasteiger partial charge on any atom is 0.243 e. The van der Waals surface area contributed by atoms with E-state index in [0.717, 1.165) is 29.7 Å². The molecule has 0 saturated carbocycles. The van der Waals surface area contributed by atoms with Crippen LogP contribution in [0.2, 0.25) is 0 Å². The van der Waals surface area contributed by atoms with E-state index in [2.05, 4.69) is 18.4 Å². The number of rotatable bonds is 9. The fourth-order valence-electron chi connectivity index (χ4n) is 4.72. The second-order valence-electron chi connectivity index (χ2n) is 9.08. The summed E-state index contributed by atoms with van der Waals surface area (Å²) < 4.78 is 5.34. The van der Waals surface area contributed by atoms with Gasteiger partial charge in [0.2, 0.25) is 11.8 Å². The molecule has 0 saturated heterocycles. The van der Waals surface area contributed by atoms with Gasteiger partial charge in [0.1, 0.15) is 12.3 Å². The fraction of sp³-hybridized carbons (Fsp3) is 0.379. The number of benzene rings is 2. The third kappa shape index (κ3) is 5.76. The van der Waals surface area contributed by atoms with E-state index < -0.39 is 0 Å². The number of thiophene rings is 1. The number of fused-ring (bicyclic) bond motifs is 1. The van der Waals surface area contributed by atoms with Crippen molar-refractivity contribution in [2.24, 2.45) is 0 Å². The van der Waals surface area contributed by atoms with E-state index in [0.29, 0.717) is 19.4 Å². The first-order valence-corrected chi connectivity index (χ1v) is 13.2. The Morgan fingerprint density at radius 1 is 1.11 bits per heavy atom. The van der Waals surface area contributed by atoms with Gasteiger partial charge in [-0.25, -0.2) is 0 Å². The van der Waals surface area contributed by atoms with E-state index in [4.69, 9.17) is 4.74 Å². The Morgan fingerprint density at radius 2 is 1.86 bits per heavy atom. The first-order valence-electron chi connectivity index (χ1n) is 12.3. The zero-order valence-electron chi connectivity index (χ0n) is 20.8. The Kier molecular flexibility index (Phi) is 8.24. The molecule has 5 nitrogen and oxygen atoms in total. The minimum Gasteiger partial charge on any atom is -0.497 e. The molecule has 0 aliphatic carbocycles. The van der Waals surface area contributed by atoms with Gasteiger partial charge in [-0.2, -0.15) is 0 Å². The number of methoxy groups -OCH3 is 1. The molecule has 2 atom stereocenters. The topological polar surface area (TPSA) is 49.9 Å². The van der Waals surface area contributed by atoms with Crippen molar-refractivity contribution in [1.82, 2.24) is 9.80 Å². The molecule has 184 valence electrons. The summed E-state index contributed by atoms with van der Waals surface area (Å²) in [5.74, 6) is 0.821. The Labute approximate surface area is 212 Å². The molecule has 0 radical (unpaired) electrons. The molecule has 6 heteroatoms. The van der Waals surface area contributed by atoms with Crippen molar-refractivity contribution < 1.29 is 14.3 Å². The second-order valence-corrected chi connectivity index (χ2v) is 10.1. The molecule has 2 aromatic carbocycles. The molecule has 2 unspecified atom stereocenters. The smallest absolute Gasteiger partial charge is 0.243 e. The molecule has 3 aromatic rings. The lowest BCUT2D eigenvalue weighted by atomic mass is 9.93. The largest absolute Gasteiger partial charge is 0.497 e. The molecule has 0 N–H and O–H groups in total. The van der Waals surface area contributed by atoms with Crippen LogP contribution in [0.4, 0.5) is 0 Å². The van der Waals surface area contributed by atoms with E-state index in [1.54, 1.807) is 23.3 Å². The van der Waals surface area contributed by atoms with Crippen LogP contribution in [-0.2, 0) is 22.4 Å². The zero-order chi connectivity index (χ0) is 24.8. The number of nitrogens with zero attached hydrogens (tertiary/aromatic N) is 2.